The molecule has 3 heteroatoms. The van der Waals surface area contributed by atoms with E-state index >= 15 is 0 Å². The molecule has 2 N–H and O–H groups in total. The fourth-order valence-corrected chi connectivity index (χ4v) is 2.70. The van der Waals surface area contributed by atoms with E-state index in [1.165, 1.54) is 43.5 Å². The van der Waals surface area contributed by atoms with Crippen LogP contribution in [0.2, 0.25) is 0 Å². The number of benzene rings is 1. The third kappa shape index (κ3) is 3.28. The monoisotopic (exact) mass is 234 g/mol. The van der Waals surface area contributed by atoms with E-state index in [1.54, 1.807) is 0 Å². The summed E-state index contributed by atoms with van der Waals surface area (Å²) in [5.74, 6) is 5.86. The summed E-state index contributed by atoms with van der Waals surface area (Å²) < 4.78 is 0. The second-order valence-electron chi connectivity index (χ2n) is 4.94. The molecule has 17 heavy (non-hydrogen) atoms. The maximum absolute atomic E-state index is 5.20. The summed E-state index contributed by atoms with van der Waals surface area (Å²) in [6.45, 7) is 2.91. The molecule has 1 aromatic rings. The fourth-order valence-electron chi connectivity index (χ4n) is 2.70. The van der Waals surface area contributed by atoms with Gasteiger partial charge in [0.1, 0.15) is 0 Å². The van der Waals surface area contributed by atoms with Crippen molar-refractivity contribution in [3.8, 4) is 0 Å². The van der Waals surface area contributed by atoms with Gasteiger partial charge in [-0.2, -0.15) is 0 Å². The second kappa shape index (κ2) is 6.15. The van der Waals surface area contributed by atoms with Crippen LogP contribution in [0.3, 0.4) is 0 Å². The minimum absolute atomic E-state index is 0.516. The van der Waals surface area contributed by atoms with E-state index in [2.05, 4.69) is 36.2 Å². The zero-order valence-corrected chi connectivity index (χ0v) is 10.6. The first-order valence-electron chi connectivity index (χ1n) is 6.39. The first-order valence-corrected chi connectivity index (χ1v) is 6.39. The SMILES string of the molecule is CN1CCCC(c2ccccc2CON)CC1. The Hall–Kier alpha value is -0.900. The van der Waals surface area contributed by atoms with E-state index in [4.69, 9.17) is 10.7 Å². The van der Waals surface area contributed by atoms with Crippen LogP contribution in [0.15, 0.2) is 24.3 Å². The van der Waals surface area contributed by atoms with Crippen LogP contribution in [-0.4, -0.2) is 25.0 Å². The maximum Gasteiger partial charge on any atom is 0.0932 e. The molecule has 2 rings (SSSR count). The fraction of sp³-hybridized carbons (Fsp3) is 0.571. The first kappa shape index (κ1) is 12.6. The van der Waals surface area contributed by atoms with Gasteiger partial charge in [0.15, 0.2) is 0 Å². The predicted octanol–water partition coefficient (Wildman–Crippen LogP) is 2.28. The number of rotatable bonds is 3. The van der Waals surface area contributed by atoms with Crippen molar-refractivity contribution in [2.75, 3.05) is 20.1 Å². The summed E-state index contributed by atoms with van der Waals surface area (Å²) in [6, 6.07) is 8.52. The third-order valence-electron chi connectivity index (χ3n) is 3.69. The van der Waals surface area contributed by atoms with E-state index in [0.717, 1.165) is 0 Å². The molecule has 1 fully saturated rings. The van der Waals surface area contributed by atoms with Gasteiger partial charge in [-0.05, 0) is 56.4 Å². The first-order chi connectivity index (χ1) is 8.31. The van der Waals surface area contributed by atoms with E-state index in [0.29, 0.717) is 12.5 Å². The molecule has 3 nitrogen and oxygen atoms in total. The van der Waals surface area contributed by atoms with Crippen LogP contribution >= 0.6 is 0 Å². The zero-order valence-electron chi connectivity index (χ0n) is 10.6. The molecule has 1 atom stereocenters. The van der Waals surface area contributed by atoms with Gasteiger partial charge in [0.05, 0.1) is 6.61 Å². The molecule has 1 heterocycles. The highest BCUT2D eigenvalue weighted by molar-refractivity contribution is 5.30. The van der Waals surface area contributed by atoms with Crippen molar-refractivity contribution in [1.82, 2.24) is 4.90 Å². The molecule has 1 unspecified atom stereocenters. The summed E-state index contributed by atoms with van der Waals surface area (Å²) in [5, 5.41) is 0. The van der Waals surface area contributed by atoms with Crippen LogP contribution in [0.5, 0.6) is 0 Å². The topological polar surface area (TPSA) is 38.5 Å². The number of nitrogens with zero attached hydrogens (tertiary/aromatic N) is 1. The van der Waals surface area contributed by atoms with Crippen LogP contribution in [0.4, 0.5) is 0 Å². The Morgan fingerprint density at radius 1 is 1.29 bits per heavy atom. The predicted molar refractivity (Wildman–Crippen MR) is 69.5 cm³/mol. The average molecular weight is 234 g/mol. The molecule has 1 saturated heterocycles. The molecule has 0 saturated carbocycles. The van der Waals surface area contributed by atoms with E-state index in [9.17, 15) is 0 Å². The Morgan fingerprint density at radius 2 is 2.12 bits per heavy atom. The number of nitrogens with two attached hydrogens (primary N) is 1. The van der Waals surface area contributed by atoms with Crippen molar-refractivity contribution in [1.29, 1.82) is 0 Å². The van der Waals surface area contributed by atoms with Gasteiger partial charge < -0.3 is 4.90 Å². The van der Waals surface area contributed by atoms with Crippen molar-refractivity contribution in [2.24, 2.45) is 5.90 Å². The highest BCUT2D eigenvalue weighted by atomic mass is 16.6. The Labute approximate surface area is 104 Å². The van der Waals surface area contributed by atoms with Crippen LogP contribution in [0.25, 0.3) is 0 Å². The highest BCUT2D eigenvalue weighted by Gasteiger charge is 2.18. The van der Waals surface area contributed by atoms with E-state index < -0.39 is 0 Å². The summed E-state index contributed by atoms with van der Waals surface area (Å²) in [4.78, 5) is 7.22. The average Bonchev–Trinajstić information content (AvgIpc) is 2.55. The van der Waals surface area contributed by atoms with Crippen molar-refractivity contribution in [3.63, 3.8) is 0 Å². The summed E-state index contributed by atoms with van der Waals surface area (Å²) in [6.07, 6.45) is 3.78. The molecule has 1 aliphatic rings. The van der Waals surface area contributed by atoms with Crippen LogP contribution in [-0.2, 0) is 11.4 Å². The Kier molecular flexibility index (Phi) is 4.54. The largest absolute Gasteiger partial charge is 0.306 e. The minimum atomic E-state index is 0.516. The van der Waals surface area contributed by atoms with Crippen molar-refractivity contribution in [2.45, 2.75) is 31.8 Å². The van der Waals surface area contributed by atoms with Crippen molar-refractivity contribution in [3.05, 3.63) is 35.4 Å². The van der Waals surface area contributed by atoms with Crippen LogP contribution in [0, 0.1) is 0 Å². The molecule has 94 valence electrons. The Balaban J connectivity index is 2.14. The normalized spacial score (nSPS) is 22.4. The van der Waals surface area contributed by atoms with Gasteiger partial charge in [-0.1, -0.05) is 24.3 Å². The molecule has 0 amide bonds. The van der Waals surface area contributed by atoms with Gasteiger partial charge in [0, 0.05) is 0 Å². The van der Waals surface area contributed by atoms with E-state index in [-0.39, 0.29) is 0 Å². The van der Waals surface area contributed by atoms with Gasteiger partial charge in [0.25, 0.3) is 0 Å². The lowest BCUT2D eigenvalue weighted by molar-refractivity contribution is 0.123. The smallest absolute Gasteiger partial charge is 0.0932 e. The van der Waals surface area contributed by atoms with Crippen molar-refractivity contribution < 1.29 is 4.84 Å². The van der Waals surface area contributed by atoms with E-state index in [1.807, 2.05) is 0 Å². The Morgan fingerprint density at radius 3 is 2.94 bits per heavy atom. The summed E-state index contributed by atoms with van der Waals surface area (Å²) in [7, 11) is 2.21. The molecule has 1 aromatic carbocycles. The molecule has 1 aliphatic heterocycles. The summed E-state index contributed by atoms with van der Waals surface area (Å²) in [5.41, 5.74) is 2.66. The second-order valence-corrected chi connectivity index (χ2v) is 4.94. The lowest BCUT2D eigenvalue weighted by Gasteiger charge is -2.18. The van der Waals surface area contributed by atoms with Gasteiger partial charge in [0.2, 0.25) is 0 Å². The lowest BCUT2D eigenvalue weighted by atomic mass is 9.89. The van der Waals surface area contributed by atoms with Crippen LogP contribution < -0.4 is 5.90 Å². The lowest BCUT2D eigenvalue weighted by Crippen LogP contribution is -2.18. The number of likely N-dealkylation sites (tertiary alicyclic amines) is 1. The van der Waals surface area contributed by atoms with Crippen LogP contribution in [0.1, 0.15) is 36.3 Å². The van der Waals surface area contributed by atoms with Gasteiger partial charge in [-0.25, -0.2) is 5.90 Å². The van der Waals surface area contributed by atoms with Gasteiger partial charge in [-0.3, -0.25) is 4.84 Å². The number of hydrogen-bond donors (Lipinski definition) is 1. The molecule has 0 spiro atoms. The third-order valence-corrected chi connectivity index (χ3v) is 3.69. The molecule has 0 aromatic heterocycles. The number of hydrogen-bond acceptors (Lipinski definition) is 3. The highest BCUT2D eigenvalue weighted by Crippen LogP contribution is 2.30. The molecular weight excluding hydrogens is 212 g/mol. The molecule has 0 aliphatic carbocycles. The van der Waals surface area contributed by atoms with Gasteiger partial charge in [-0.15, -0.1) is 0 Å². The zero-order chi connectivity index (χ0) is 12.1. The summed E-state index contributed by atoms with van der Waals surface area (Å²) >= 11 is 0. The molecular formula is C14H22N2O. The standard InChI is InChI=1S/C14H22N2O/c1-16-9-4-6-12(8-10-16)14-7-3-2-5-13(14)11-17-15/h2-3,5,7,12H,4,6,8-11,15H2,1H3. The quantitative estimate of drug-likeness (QED) is 0.815. The molecule has 0 radical (unpaired) electrons. The maximum atomic E-state index is 5.20. The van der Waals surface area contributed by atoms with Crippen molar-refractivity contribution >= 4 is 0 Å². The molecule has 0 bridgehead atoms. The minimum Gasteiger partial charge on any atom is -0.306 e. The van der Waals surface area contributed by atoms with Gasteiger partial charge >= 0.3 is 0 Å². The Bertz CT molecular complexity index is 354.